The van der Waals surface area contributed by atoms with Crippen molar-refractivity contribution in [3.05, 3.63) is 41.2 Å². The number of nitrogen functional groups attached to an aromatic ring is 1. The van der Waals surface area contributed by atoms with Crippen LogP contribution in [0.25, 0.3) is 5.82 Å². The number of hydrazone groups is 1. The van der Waals surface area contributed by atoms with E-state index >= 15 is 0 Å². The smallest absolute Gasteiger partial charge is 0.293 e. The van der Waals surface area contributed by atoms with Gasteiger partial charge in [0, 0.05) is 0 Å². The number of aromatic nitrogens is 5. The van der Waals surface area contributed by atoms with Gasteiger partial charge in [0.1, 0.15) is 5.75 Å². The van der Waals surface area contributed by atoms with E-state index in [1.54, 1.807) is 12.1 Å². The van der Waals surface area contributed by atoms with Gasteiger partial charge in [-0.15, -0.1) is 5.10 Å². The minimum atomic E-state index is -0.536. The zero-order chi connectivity index (χ0) is 18.5. The lowest BCUT2D eigenvalue weighted by atomic mass is 10.2. The van der Waals surface area contributed by atoms with Crippen LogP contribution in [0.4, 0.5) is 5.82 Å². The number of nitrogens with one attached hydrogen (secondary N) is 1. The van der Waals surface area contributed by atoms with Crippen LogP contribution in [-0.4, -0.2) is 42.5 Å². The van der Waals surface area contributed by atoms with Gasteiger partial charge in [-0.25, -0.2) is 10.1 Å². The van der Waals surface area contributed by atoms with Crippen LogP contribution in [0.3, 0.4) is 0 Å². The molecule has 1 aromatic carbocycles. The predicted octanol–water partition coefficient (Wildman–Crippen LogP) is 0.654. The number of carbonyl (C=O) groups is 1. The number of rotatable bonds is 6. The molecule has 134 valence electrons. The fourth-order valence-corrected chi connectivity index (χ4v) is 2.27. The van der Waals surface area contributed by atoms with Crippen molar-refractivity contribution >= 4 is 17.9 Å². The molecule has 11 nitrogen and oxygen atoms in total. The van der Waals surface area contributed by atoms with Crippen molar-refractivity contribution in [3.63, 3.8) is 0 Å². The topological polar surface area (TPSA) is 157 Å². The van der Waals surface area contributed by atoms with Crippen molar-refractivity contribution in [2.45, 2.75) is 19.8 Å². The highest BCUT2D eigenvalue weighted by Crippen LogP contribution is 2.17. The summed E-state index contributed by atoms with van der Waals surface area (Å²) < 4.78 is 5.89. The standard InChI is InChI=1S/C15H16N8O3/c1-2-4-11-12(18-22-23(11)14-13(16)20-26-21-14)15(25)19-17-8-9-5-3-6-10(24)7-9/h3,5-8,24H,2,4H2,1H3,(H2,16,20)(H,19,25). The first-order chi connectivity index (χ1) is 12.6. The number of aromatic hydroxyl groups is 1. The van der Waals surface area contributed by atoms with Crippen LogP contribution in [0, 0.1) is 0 Å². The van der Waals surface area contributed by atoms with E-state index in [4.69, 9.17) is 5.73 Å². The van der Waals surface area contributed by atoms with Crippen molar-refractivity contribution in [2.24, 2.45) is 5.10 Å². The summed E-state index contributed by atoms with van der Waals surface area (Å²) in [5, 5.41) is 28.3. The number of benzene rings is 1. The summed E-state index contributed by atoms with van der Waals surface area (Å²) in [4.78, 5) is 12.4. The molecule has 2 heterocycles. The molecule has 0 aliphatic carbocycles. The summed E-state index contributed by atoms with van der Waals surface area (Å²) in [5.41, 5.74) is 9.30. The number of nitrogens with zero attached hydrogens (tertiary/aromatic N) is 6. The van der Waals surface area contributed by atoms with E-state index in [9.17, 15) is 9.90 Å². The van der Waals surface area contributed by atoms with Gasteiger partial charge in [-0.2, -0.15) is 9.78 Å². The predicted molar refractivity (Wildman–Crippen MR) is 90.8 cm³/mol. The van der Waals surface area contributed by atoms with Crippen LogP contribution in [0.15, 0.2) is 34.0 Å². The molecule has 0 atom stereocenters. The lowest BCUT2D eigenvalue weighted by molar-refractivity contribution is 0.0949. The second kappa shape index (κ2) is 7.42. The number of nitrogens with two attached hydrogens (primary N) is 1. The summed E-state index contributed by atoms with van der Waals surface area (Å²) >= 11 is 0. The molecule has 0 aliphatic rings. The highest BCUT2D eigenvalue weighted by Gasteiger charge is 2.23. The van der Waals surface area contributed by atoms with Gasteiger partial charge in [0.05, 0.1) is 11.9 Å². The van der Waals surface area contributed by atoms with Crippen LogP contribution < -0.4 is 11.2 Å². The van der Waals surface area contributed by atoms with Crippen molar-refractivity contribution in [3.8, 4) is 11.6 Å². The second-order valence-corrected chi connectivity index (χ2v) is 5.31. The molecule has 0 radical (unpaired) electrons. The molecule has 0 spiro atoms. The Labute approximate surface area is 147 Å². The summed E-state index contributed by atoms with van der Waals surface area (Å²) in [7, 11) is 0. The minimum absolute atomic E-state index is 0.0427. The molecule has 1 amide bonds. The molecule has 0 saturated carbocycles. The first kappa shape index (κ1) is 17.1. The van der Waals surface area contributed by atoms with E-state index in [1.165, 1.54) is 23.0 Å². The molecule has 0 aliphatic heterocycles. The monoisotopic (exact) mass is 356 g/mol. The average Bonchev–Trinajstić information content (AvgIpc) is 3.21. The van der Waals surface area contributed by atoms with Crippen molar-refractivity contribution in [1.82, 2.24) is 30.7 Å². The average molecular weight is 356 g/mol. The van der Waals surface area contributed by atoms with Crippen LogP contribution in [0.1, 0.15) is 35.1 Å². The number of amides is 1. The van der Waals surface area contributed by atoms with Crippen molar-refractivity contribution in [1.29, 1.82) is 0 Å². The Morgan fingerprint density at radius 2 is 2.31 bits per heavy atom. The molecule has 11 heteroatoms. The lowest BCUT2D eigenvalue weighted by Crippen LogP contribution is -2.20. The normalized spacial score (nSPS) is 11.1. The molecular weight excluding hydrogens is 340 g/mol. The van der Waals surface area contributed by atoms with Gasteiger partial charge in [-0.3, -0.25) is 4.79 Å². The number of phenolic OH excluding ortho intramolecular Hbond substituents is 1. The third-order valence-electron chi connectivity index (χ3n) is 3.41. The Balaban J connectivity index is 1.81. The SMILES string of the molecule is CCCc1c(C(=O)NN=Cc2cccc(O)c2)nnn1-c1nonc1N. The summed E-state index contributed by atoms with van der Waals surface area (Å²) in [6.45, 7) is 1.95. The van der Waals surface area contributed by atoms with Crippen LogP contribution in [0.2, 0.25) is 0 Å². The Bertz CT molecular complexity index is 946. The quantitative estimate of drug-likeness (QED) is 0.429. The van der Waals surface area contributed by atoms with Crippen molar-refractivity contribution in [2.75, 3.05) is 5.73 Å². The Kier molecular flexibility index (Phi) is 4.87. The minimum Gasteiger partial charge on any atom is -0.508 e. The van der Waals surface area contributed by atoms with Gasteiger partial charge < -0.3 is 10.8 Å². The Morgan fingerprint density at radius 3 is 3.00 bits per heavy atom. The lowest BCUT2D eigenvalue weighted by Gasteiger charge is -2.03. The van der Waals surface area contributed by atoms with E-state index in [1.807, 2.05) is 6.92 Å². The van der Waals surface area contributed by atoms with Crippen molar-refractivity contribution < 1.29 is 14.5 Å². The Morgan fingerprint density at radius 1 is 1.46 bits per heavy atom. The summed E-state index contributed by atoms with van der Waals surface area (Å²) in [6, 6.07) is 6.44. The second-order valence-electron chi connectivity index (χ2n) is 5.31. The molecule has 0 saturated heterocycles. The van der Waals surface area contributed by atoms with Gasteiger partial charge in [-0.05, 0) is 34.4 Å². The fourth-order valence-electron chi connectivity index (χ4n) is 2.27. The molecule has 0 bridgehead atoms. The van der Waals surface area contributed by atoms with E-state index in [0.717, 1.165) is 6.42 Å². The first-order valence-electron chi connectivity index (χ1n) is 7.75. The van der Waals surface area contributed by atoms with E-state index < -0.39 is 5.91 Å². The Hall–Kier alpha value is -3.76. The third-order valence-corrected chi connectivity index (χ3v) is 3.41. The molecule has 2 aromatic heterocycles. The highest BCUT2D eigenvalue weighted by molar-refractivity contribution is 5.94. The van der Waals surface area contributed by atoms with Crippen LogP contribution in [-0.2, 0) is 6.42 Å². The highest BCUT2D eigenvalue weighted by atomic mass is 16.6. The maximum absolute atomic E-state index is 12.4. The summed E-state index contributed by atoms with van der Waals surface area (Å²) in [5.74, 6) is -0.220. The maximum Gasteiger partial charge on any atom is 0.293 e. The number of hydrogen-bond acceptors (Lipinski definition) is 9. The number of phenols is 1. The van der Waals surface area contributed by atoms with Crippen LogP contribution >= 0.6 is 0 Å². The third kappa shape index (κ3) is 3.50. The molecule has 3 rings (SSSR count). The van der Waals surface area contributed by atoms with Gasteiger partial charge in [0.25, 0.3) is 5.91 Å². The number of anilines is 1. The molecule has 0 unspecified atom stereocenters. The van der Waals surface area contributed by atoms with E-state index in [2.05, 4.69) is 35.8 Å². The van der Waals surface area contributed by atoms with E-state index in [-0.39, 0.29) is 23.1 Å². The maximum atomic E-state index is 12.4. The van der Waals surface area contributed by atoms with Gasteiger partial charge in [0.2, 0.25) is 11.6 Å². The summed E-state index contributed by atoms with van der Waals surface area (Å²) in [6.07, 6.45) is 2.66. The molecular formula is C15H16N8O3. The molecule has 4 N–H and O–H groups in total. The van der Waals surface area contributed by atoms with E-state index in [0.29, 0.717) is 17.7 Å². The van der Waals surface area contributed by atoms with Gasteiger partial charge in [0.15, 0.2) is 5.69 Å². The zero-order valence-electron chi connectivity index (χ0n) is 13.8. The van der Waals surface area contributed by atoms with Crippen LogP contribution in [0.5, 0.6) is 5.75 Å². The largest absolute Gasteiger partial charge is 0.508 e. The van der Waals surface area contributed by atoms with Gasteiger partial charge in [-0.1, -0.05) is 30.7 Å². The molecule has 3 aromatic rings. The molecule has 26 heavy (non-hydrogen) atoms. The number of carbonyl (C=O) groups excluding carboxylic acids is 1. The van der Waals surface area contributed by atoms with Gasteiger partial charge >= 0.3 is 0 Å². The first-order valence-corrected chi connectivity index (χ1v) is 7.75. The number of hydrogen-bond donors (Lipinski definition) is 3. The zero-order valence-corrected chi connectivity index (χ0v) is 13.8. The molecule has 0 fully saturated rings. The fraction of sp³-hybridized carbons (Fsp3) is 0.200.